The highest BCUT2D eigenvalue weighted by Gasteiger charge is 2.39. The molecule has 1 atom stereocenters. The maximum Gasteiger partial charge on any atom is 0.317 e. The van der Waals surface area contributed by atoms with Crippen LogP contribution in [0.1, 0.15) is 40.7 Å². The van der Waals surface area contributed by atoms with E-state index in [4.69, 9.17) is 5.11 Å². The Morgan fingerprint density at radius 3 is 2.55 bits per heavy atom. The van der Waals surface area contributed by atoms with Crippen molar-refractivity contribution >= 4 is 23.7 Å². The Hall–Kier alpha value is -2.78. The molecule has 31 heavy (non-hydrogen) atoms. The van der Waals surface area contributed by atoms with Gasteiger partial charge in [-0.15, -0.1) is 0 Å². The van der Waals surface area contributed by atoms with Gasteiger partial charge in [0.05, 0.1) is 6.54 Å². The third kappa shape index (κ3) is 4.77. The summed E-state index contributed by atoms with van der Waals surface area (Å²) in [6, 6.07) is 5.16. The van der Waals surface area contributed by atoms with Crippen LogP contribution in [0.4, 0.5) is 0 Å². The molecular weight excluding hydrogens is 400 g/mol. The van der Waals surface area contributed by atoms with Gasteiger partial charge in [0.25, 0.3) is 5.91 Å². The van der Waals surface area contributed by atoms with Crippen LogP contribution < -0.4 is 5.32 Å². The largest absolute Gasteiger partial charge is 0.480 e. The lowest BCUT2D eigenvalue weighted by atomic mass is 9.99. The predicted molar refractivity (Wildman–Crippen MR) is 111 cm³/mol. The summed E-state index contributed by atoms with van der Waals surface area (Å²) in [4.78, 5) is 53.3. The van der Waals surface area contributed by atoms with Gasteiger partial charge in [-0.25, -0.2) is 0 Å². The Kier molecular flexibility index (Phi) is 6.33. The molecule has 3 aliphatic heterocycles. The minimum atomic E-state index is -0.785. The van der Waals surface area contributed by atoms with E-state index in [1.54, 1.807) is 4.90 Å². The molecular formula is C22H28N4O5. The first kappa shape index (κ1) is 21.5. The molecule has 4 rings (SSSR count). The predicted octanol–water partition coefficient (Wildman–Crippen LogP) is 0.0824. The molecule has 3 heterocycles. The number of carbonyl (C=O) groups excluding carboxylic acids is 3. The van der Waals surface area contributed by atoms with Crippen LogP contribution in [-0.4, -0.2) is 88.8 Å². The molecule has 1 aromatic rings. The maximum atomic E-state index is 12.9. The molecule has 3 amide bonds. The van der Waals surface area contributed by atoms with E-state index >= 15 is 0 Å². The number of hydrogen-bond acceptors (Lipinski definition) is 6. The van der Waals surface area contributed by atoms with Crippen LogP contribution in [0.25, 0.3) is 0 Å². The summed E-state index contributed by atoms with van der Waals surface area (Å²) in [5, 5.41) is 11.2. The van der Waals surface area contributed by atoms with Gasteiger partial charge in [0.1, 0.15) is 6.04 Å². The van der Waals surface area contributed by atoms with E-state index in [9.17, 15) is 19.2 Å². The quantitative estimate of drug-likeness (QED) is 0.592. The highest BCUT2D eigenvalue weighted by Crippen LogP contribution is 2.30. The summed E-state index contributed by atoms with van der Waals surface area (Å²) < 4.78 is 0. The number of benzene rings is 1. The Balaban J connectivity index is 1.32. The molecule has 3 aliphatic rings. The van der Waals surface area contributed by atoms with Crippen molar-refractivity contribution in [1.82, 2.24) is 20.0 Å². The lowest BCUT2D eigenvalue weighted by Gasteiger charge is -2.33. The smallest absolute Gasteiger partial charge is 0.317 e. The second kappa shape index (κ2) is 9.15. The number of aryl methyl sites for hydroxylation is 1. The number of imide groups is 1. The van der Waals surface area contributed by atoms with E-state index in [1.165, 1.54) is 0 Å². The van der Waals surface area contributed by atoms with E-state index in [-0.39, 0.29) is 30.7 Å². The molecule has 166 valence electrons. The molecule has 2 N–H and O–H groups in total. The molecule has 2 saturated heterocycles. The summed E-state index contributed by atoms with van der Waals surface area (Å²) in [6.45, 7) is 4.69. The number of amides is 3. The van der Waals surface area contributed by atoms with Crippen LogP contribution in [0.5, 0.6) is 0 Å². The van der Waals surface area contributed by atoms with Gasteiger partial charge < -0.3 is 14.9 Å². The third-order valence-electron chi connectivity index (χ3n) is 6.42. The highest BCUT2D eigenvalue weighted by atomic mass is 16.4. The first-order valence-corrected chi connectivity index (χ1v) is 10.8. The number of fused-ring (bicyclic) bond motifs is 1. The monoisotopic (exact) mass is 428 g/mol. The van der Waals surface area contributed by atoms with E-state index < -0.39 is 12.0 Å². The molecule has 1 aromatic carbocycles. The number of nitrogens with zero attached hydrogens (tertiary/aromatic N) is 3. The zero-order chi connectivity index (χ0) is 22.0. The molecule has 0 aliphatic carbocycles. The van der Waals surface area contributed by atoms with Crippen molar-refractivity contribution in [2.75, 3.05) is 39.3 Å². The molecule has 0 aromatic heterocycles. The normalized spacial score (nSPS) is 22.5. The second-order valence-corrected chi connectivity index (χ2v) is 8.46. The molecule has 0 saturated carbocycles. The lowest BCUT2D eigenvalue weighted by molar-refractivity contribution is -0.139. The van der Waals surface area contributed by atoms with E-state index in [1.807, 2.05) is 23.1 Å². The van der Waals surface area contributed by atoms with Crippen molar-refractivity contribution in [3.05, 3.63) is 34.9 Å². The molecule has 0 bridgehead atoms. The number of rotatable bonds is 7. The average Bonchev–Trinajstić information content (AvgIpc) is 3.06. The minimum Gasteiger partial charge on any atom is -0.480 e. The molecule has 0 spiro atoms. The zero-order valence-electron chi connectivity index (χ0n) is 17.5. The summed E-state index contributed by atoms with van der Waals surface area (Å²) in [5.74, 6) is -1.59. The maximum absolute atomic E-state index is 12.9. The van der Waals surface area contributed by atoms with Crippen LogP contribution in [0.3, 0.4) is 0 Å². The summed E-state index contributed by atoms with van der Waals surface area (Å²) >= 11 is 0. The molecule has 9 nitrogen and oxygen atoms in total. The van der Waals surface area contributed by atoms with Gasteiger partial charge in [0.15, 0.2) is 0 Å². The molecule has 9 heteroatoms. The fourth-order valence-corrected chi connectivity index (χ4v) is 4.74. The van der Waals surface area contributed by atoms with E-state index in [0.717, 1.165) is 56.7 Å². The highest BCUT2D eigenvalue weighted by molar-refractivity contribution is 6.05. The summed E-state index contributed by atoms with van der Waals surface area (Å²) in [7, 11) is 0. The number of carboxylic acids is 1. The van der Waals surface area contributed by atoms with Crippen LogP contribution >= 0.6 is 0 Å². The first-order valence-electron chi connectivity index (χ1n) is 10.8. The van der Waals surface area contributed by atoms with Gasteiger partial charge in [-0.05, 0) is 43.0 Å². The Morgan fingerprint density at radius 1 is 1.10 bits per heavy atom. The Bertz CT molecular complexity index is 894. The standard InChI is InChI=1S/C22H28N4O5/c27-19-7-6-18(21(30)23-19)26-13-17-15(3-1-5-16(17)22(26)31)4-2-8-24-9-11-25(12-10-24)14-20(28)29/h1,3,5,18H,2,4,6-14H2,(H,28,29)(H,23,27,30). The van der Waals surface area contributed by atoms with Crippen LogP contribution in [0.15, 0.2) is 18.2 Å². The SMILES string of the molecule is O=C(O)CN1CCN(CCCc2cccc3c2CN(C2CCC(=O)NC2=O)C3=O)CC1. The molecule has 0 radical (unpaired) electrons. The molecule has 2 fully saturated rings. The van der Waals surface area contributed by atoms with Crippen LogP contribution in [-0.2, 0) is 27.3 Å². The fourth-order valence-electron chi connectivity index (χ4n) is 4.74. The van der Waals surface area contributed by atoms with Gasteiger partial charge in [-0.1, -0.05) is 12.1 Å². The van der Waals surface area contributed by atoms with Gasteiger partial charge in [-0.3, -0.25) is 29.4 Å². The van der Waals surface area contributed by atoms with Crippen molar-refractivity contribution in [2.45, 2.75) is 38.3 Å². The lowest BCUT2D eigenvalue weighted by Crippen LogP contribution is -2.52. The number of aliphatic carboxylic acids is 1. The number of piperidine rings is 1. The van der Waals surface area contributed by atoms with Gasteiger partial charge in [0.2, 0.25) is 11.8 Å². The second-order valence-electron chi connectivity index (χ2n) is 8.46. The van der Waals surface area contributed by atoms with Gasteiger partial charge in [0, 0.05) is 44.7 Å². The van der Waals surface area contributed by atoms with Crippen molar-refractivity contribution < 1.29 is 24.3 Å². The zero-order valence-corrected chi connectivity index (χ0v) is 17.5. The Morgan fingerprint density at radius 2 is 1.84 bits per heavy atom. The van der Waals surface area contributed by atoms with Gasteiger partial charge >= 0.3 is 5.97 Å². The van der Waals surface area contributed by atoms with Crippen molar-refractivity contribution in [2.24, 2.45) is 0 Å². The average molecular weight is 428 g/mol. The number of piperazine rings is 1. The van der Waals surface area contributed by atoms with Crippen LogP contribution in [0, 0.1) is 0 Å². The number of hydrogen-bond donors (Lipinski definition) is 2. The fraction of sp³-hybridized carbons (Fsp3) is 0.545. The van der Waals surface area contributed by atoms with Crippen molar-refractivity contribution in [1.29, 1.82) is 0 Å². The molecule has 1 unspecified atom stereocenters. The van der Waals surface area contributed by atoms with Crippen molar-refractivity contribution in [3.63, 3.8) is 0 Å². The minimum absolute atomic E-state index is 0.0989. The number of carboxylic acid groups (broad SMARTS) is 1. The van der Waals surface area contributed by atoms with E-state index in [0.29, 0.717) is 18.5 Å². The Labute approximate surface area is 181 Å². The van der Waals surface area contributed by atoms with E-state index in [2.05, 4.69) is 10.2 Å². The third-order valence-corrected chi connectivity index (χ3v) is 6.42. The summed E-state index contributed by atoms with van der Waals surface area (Å²) in [6.07, 6.45) is 2.41. The number of carbonyl (C=O) groups is 4. The topological polar surface area (TPSA) is 110 Å². The van der Waals surface area contributed by atoms with Gasteiger partial charge in [-0.2, -0.15) is 0 Å². The van der Waals surface area contributed by atoms with Crippen LogP contribution in [0.2, 0.25) is 0 Å². The first-order chi connectivity index (χ1) is 14.9. The number of nitrogens with one attached hydrogen (secondary N) is 1. The summed E-state index contributed by atoms with van der Waals surface area (Å²) in [5.41, 5.74) is 2.78. The van der Waals surface area contributed by atoms with Crippen molar-refractivity contribution in [3.8, 4) is 0 Å².